The van der Waals surface area contributed by atoms with E-state index in [0.29, 0.717) is 22.1 Å². The Labute approximate surface area is 126 Å². The third kappa shape index (κ3) is 2.87. The lowest BCUT2D eigenvalue weighted by Crippen LogP contribution is -2.40. The van der Waals surface area contributed by atoms with Gasteiger partial charge in [0, 0.05) is 23.2 Å². The van der Waals surface area contributed by atoms with Gasteiger partial charge < -0.3 is 10.6 Å². The Morgan fingerprint density at radius 3 is 2.76 bits per heavy atom. The molecule has 5 nitrogen and oxygen atoms in total. The number of rotatable bonds is 3. The van der Waals surface area contributed by atoms with Crippen LogP contribution in [0.2, 0.25) is 5.02 Å². The molecule has 106 valence electrons. The van der Waals surface area contributed by atoms with E-state index < -0.39 is 6.04 Å². The van der Waals surface area contributed by atoms with Crippen LogP contribution in [0.25, 0.3) is 0 Å². The highest BCUT2D eigenvalue weighted by molar-refractivity contribution is 6.30. The third-order valence-electron chi connectivity index (χ3n) is 3.25. The van der Waals surface area contributed by atoms with Crippen molar-refractivity contribution >= 4 is 34.8 Å². The van der Waals surface area contributed by atoms with Crippen LogP contribution in [0, 0.1) is 0 Å². The van der Waals surface area contributed by atoms with E-state index >= 15 is 0 Å². The minimum absolute atomic E-state index is 0.0712. The SMILES string of the molecule is O=C(CC1Nc2cccnc2NC1=O)c1ccc(Cl)cc1. The molecule has 1 aliphatic rings. The Bertz CT molecular complexity index is 700. The maximum absolute atomic E-state index is 12.2. The smallest absolute Gasteiger partial charge is 0.248 e. The molecule has 0 saturated carbocycles. The fourth-order valence-electron chi connectivity index (χ4n) is 2.16. The van der Waals surface area contributed by atoms with E-state index in [-0.39, 0.29) is 18.1 Å². The summed E-state index contributed by atoms with van der Waals surface area (Å²) in [6.07, 6.45) is 1.67. The molecular weight excluding hydrogens is 290 g/mol. The first-order valence-electron chi connectivity index (χ1n) is 6.44. The van der Waals surface area contributed by atoms with Crippen molar-refractivity contribution in [1.82, 2.24) is 4.98 Å². The van der Waals surface area contributed by atoms with Gasteiger partial charge in [-0.1, -0.05) is 11.6 Å². The van der Waals surface area contributed by atoms with Gasteiger partial charge in [-0.15, -0.1) is 0 Å². The predicted molar refractivity (Wildman–Crippen MR) is 80.7 cm³/mol. The number of halogens is 1. The summed E-state index contributed by atoms with van der Waals surface area (Å²) in [5.74, 6) is 0.105. The van der Waals surface area contributed by atoms with Crippen molar-refractivity contribution < 1.29 is 9.59 Å². The molecule has 2 heterocycles. The average Bonchev–Trinajstić information content (AvgIpc) is 2.48. The van der Waals surface area contributed by atoms with Crippen LogP contribution in [0.1, 0.15) is 16.8 Å². The van der Waals surface area contributed by atoms with E-state index in [1.54, 1.807) is 36.5 Å². The molecule has 2 aromatic rings. The molecule has 0 fully saturated rings. The number of anilines is 2. The van der Waals surface area contributed by atoms with Gasteiger partial charge >= 0.3 is 0 Å². The minimum atomic E-state index is -0.607. The number of carbonyl (C=O) groups excluding carboxylic acids is 2. The summed E-state index contributed by atoms with van der Waals surface area (Å²) in [4.78, 5) is 28.3. The predicted octanol–water partition coefficient (Wildman–Crippen LogP) is 2.74. The first-order chi connectivity index (χ1) is 10.1. The molecule has 1 unspecified atom stereocenters. The largest absolute Gasteiger partial charge is 0.370 e. The van der Waals surface area contributed by atoms with Crippen LogP contribution in [-0.2, 0) is 4.79 Å². The zero-order valence-corrected chi connectivity index (χ0v) is 11.7. The molecule has 3 rings (SSSR count). The molecule has 0 saturated heterocycles. The van der Waals surface area contributed by atoms with E-state index in [9.17, 15) is 9.59 Å². The molecule has 1 aromatic heterocycles. The van der Waals surface area contributed by atoms with Gasteiger partial charge in [0.1, 0.15) is 6.04 Å². The Hall–Kier alpha value is -2.40. The number of Topliss-reactive ketones (excluding diaryl/α,β-unsaturated/α-hetero) is 1. The van der Waals surface area contributed by atoms with E-state index in [4.69, 9.17) is 11.6 Å². The maximum Gasteiger partial charge on any atom is 0.248 e. The number of ketones is 1. The fourth-order valence-corrected chi connectivity index (χ4v) is 2.29. The number of fused-ring (bicyclic) bond motifs is 1. The lowest BCUT2D eigenvalue weighted by atomic mass is 10.0. The molecule has 1 amide bonds. The Balaban J connectivity index is 1.75. The van der Waals surface area contributed by atoms with Gasteiger partial charge in [-0.3, -0.25) is 9.59 Å². The molecule has 0 radical (unpaired) electrons. The number of nitrogens with zero attached hydrogens (tertiary/aromatic N) is 1. The van der Waals surface area contributed by atoms with Crippen molar-refractivity contribution in [3.8, 4) is 0 Å². The zero-order chi connectivity index (χ0) is 14.8. The Morgan fingerprint density at radius 1 is 1.24 bits per heavy atom. The molecule has 6 heteroatoms. The normalized spacial score (nSPS) is 16.6. The molecule has 1 aliphatic heterocycles. The maximum atomic E-state index is 12.2. The zero-order valence-electron chi connectivity index (χ0n) is 11.0. The number of carbonyl (C=O) groups is 2. The highest BCUT2D eigenvalue weighted by atomic mass is 35.5. The summed E-state index contributed by atoms with van der Waals surface area (Å²) < 4.78 is 0. The van der Waals surface area contributed by atoms with Gasteiger partial charge in [0.2, 0.25) is 5.91 Å². The fraction of sp³-hybridized carbons (Fsp3) is 0.133. The van der Waals surface area contributed by atoms with Crippen LogP contribution < -0.4 is 10.6 Å². The number of aromatic nitrogens is 1. The topological polar surface area (TPSA) is 71.1 Å². The molecular formula is C15H12ClN3O2. The monoisotopic (exact) mass is 301 g/mol. The molecule has 1 aromatic carbocycles. The summed E-state index contributed by atoms with van der Waals surface area (Å²) in [5, 5.41) is 6.30. The second kappa shape index (κ2) is 5.54. The number of hydrogen-bond acceptors (Lipinski definition) is 4. The lowest BCUT2D eigenvalue weighted by Gasteiger charge is -2.25. The van der Waals surface area contributed by atoms with Crippen LogP contribution >= 0.6 is 11.6 Å². The van der Waals surface area contributed by atoms with Crippen molar-refractivity contribution in [2.45, 2.75) is 12.5 Å². The second-order valence-corrected chi connectivity index (χ2v) is 5.16. The molecule has 2 N–H and O–H groups in total. The van der Waals surface area contributed by atoms with Gasteiger partial charge in [-0.05, 0) is 36.4 Å². The number of amides is 1. The summed E-state index contributed by atoms with van der Waals surface area (Å²) >= 11 is 5.79. The first-order valence-corrected chi connectivity index (χ1v) is 6.82. The molecule has 0 spiro atoms. The van der Waals surface area contributed by atoms with Gasteiger partial charge in [-0.25, -0.2) is 4.98 Å². The van der Waals surface area contributed by atoms with Crippen LogP contribution in [0.15, 0.2) is 42.6 Å². The first kappa shape index (κ1) is 13.6. The Kier molecular flexibility index (Phi) is 3.58. The van der Waals surface area contributed by atoms with Crippen LogP contribution in [0.5, 0.6) is 0 Å². The number of nitrogens with one attached hydrogen (secondary N) is 2. The van der Waals surface area contributed by atoms with E-state index in [1.807, 2.05) is 6.07 Å². The highest BCUT2D eigenvalue weighted by Gasteiger charge is 2.28. The average molecular weight is 302 g/mol. The van der Waals surface area contributed by atoms with E-state index in [0.717, 1.165) is 0 Å². The summed E-state index contributed by atoms with van der Waals surface area (Å²) in [7, 11) is 0. The quantitative estimate of drug-likeness (QED) is 0.855. The lowest BCUT2D eigenvalue weighted by molar-refractivity contribution is -0.117. The number of benzene rings is 1. The molecule has 0 bridgehead atoms. The van der Waals surface area contributed by atoms with Gasteiger partial charge in [-0.2, -0.15) is 0 Å². The minimum Gasteiger partial charge on any atom is -0.370 e. The summed E-state index contributed by atoms with van der Waals surface area (Å²) in [6.45, 7) is 0. The molecule has 21 heavy (non-hydrogen) atoms. The van der Waals surface area contributed by atoms with Crippen molar-refractivity contribution in [2.75, 3.05) is 10.6 Å². The molecule has 1 atom stereocenters. The van der Waals surface area contributed by atoms with Crippen LogP contribution in [-0.4, -0.2) is 22.7 Å². The van der Waals surface area contributed by atoms with Gasteiger partial charge in [0.15, 0.2) is 11.6 Å². The second-order valence-electron chi connectivity index (χ2n) is 4.72. The van der Waals surface area contributed by atoms with Crippen LogP contribution in [0.3, 0.4) is 0 Å². The van der Waals surface area contributed by atoms with Crippen molar-refractivity contribution in [1.29, 1.82) is 0 Å². The van der Waals surface area contributed by atoms with Gasteiger partial charge in [0.25, 0.3) is 0 Å². The standard InChI is InChI=1S/C15H12ClN3O2/c16-10-5-3-9(4-6-10)13(20)8-12-15(21)19-14-11(18-12)2-1-7-17-14/h1-7,12,18H,8H2,(H,17,19,21). The molecule has 0 aliphatic carbocycles. The van der Waals surface area contributed by atoms with E-state index in [1.165, 1.54) is 0 Å². The van der Waals surface area contributed by atoms with E-state index in [2.05, 4.69) is 15.6 Å². The van der Waals surface area contributed by atoms with Crippen molar-refractivity contribution in [3.05, 3.63) is 53.2 Å². The number of pyridine rings is 1. The van der Waals surface area contributed by atoms with Crippen molar-refractivity contribution in [2.24, 2.45) is 0 Å². The number of hydrogen-bond donors (Lipinski definition) is 2. The third-order valence-corrected chi connectivity index (χ3v) is 3.50. The van der Waals surface area contributed by atoms with Crippen LogP contribution in [0.4, 0.5) is 11.5 Å². The van der Waals surface area contributed by atoms with Gasteiger partial charge in [0.05, 0.1) is 5.69 Å². The summed E-state index contributed by atoms with van der Waals surface area (Å²) in [6, 6.07) is 9.58. The van der Waals surface area contributed by atoms with Crippen molar-refractivity contribution in [3.63, 3.8) is 0 Å². The highest BCUT2D eigenvalue weighted by Crippen LogP contribution is 2.25. The Morgan fingerprint density at radius 2 is 2.00 bits per heavy atom. The summed E-state index contributed by atoms with van der Waals surface area (Å²) in [5.41, 5.74) is 1.25.